The molecule has 0 bridgehead atoms. The summed E-state index contributed by atoms with van der Waals surface area (Å²) in [4.78, 5) is 30.2. The quantitative estimate of drug-likeness (QED) is 0.308. The highest BCUT2D eigenvalue weighted by Crippen LogP contribution is 2.71. The number of aliphatic hydroxyl groups excluding tert-OH is 2. The molecule has 0 aliphatic heterocycles. The summed E-state index contributed by atoms with van der Waals surface area (Å²) in [7, 11) is 4.19. The molecular formula is C38H48Cl2N2O5. The van der Waals surface area contributed by atoms with Crippen molar-refractivity contribution in [2.24, 2.45) is 28.6 Å². The predicted octanol–water partition coefficient (Wildman–Crippen LogP) is 5.98. The zero-order valence-corrected chi connectivity index (χ0v) is 29.5. The summed E-state index contributed by atoms with van der Waals surface area (Å²) in [5.41, 5.74) is 0.136. The van der Waals surface area contributed by atoms with Crippen LogP contribution in [0, 0.1) is 28.6 Å². The van der Waals surface area contributed by atoms with E-state index in [2.05, 4.69) is 42.2 Å². The number of nitrogens with zero attached hydrogens (tertiary/aromatic N) is 2. The third-order valence-electron chi connectivity index (χ3n) is 12.0. The van der Waals surface area contributed by atoms with Crippen molar-refractivity contribution < 1.29 is 24.9 Å². The van der Waals surface area contributed by atoms with Crippen LogP contribution in [0.1, 0.15) is 70.1 Å². The first-order chi connectivity index (χ1) is 22.1. The van der Waals surface area contributed by atoms with Crippen molar-refractivity contribution in [2.75, 3.05) is 27.2 Å². The van der Waals surface area contributed by atoms with Gasteiger partial charge in [0.15, 0.2) is 11.6 Å². The Hall–Kier alpha value is -2.39. The zero-order chi connectivity index (χ0) is 34.4. The first kappa shape index (κ1) is 35.9. The number of aliphatic hydroxyl groups is 3. The van der Waals surface area contributed by atoms with E-state index in [4.69, 9.17) is 23.2 Å². The third-order valence-corrected chi connectivity index (χ3v) is 13.2. The first-order valence-electron chi connectivity index (χ1n) is 16.6. The lowest BCUT2D eigenvalue weighted by Crippen LogP contribution is -2.69. The lowest BCUT2D eigenvalue weighted by atomic mass is 9.45. The van der Waals surface area contributed by atoms with Crippen LogP contribution in [0.5, 0.6) is 0 Å². The van der Waals surface area contributed by atoms with E-state index in [0.717, 1.165) is 29.3 Å². The molecule has 47 heavy (non-hydrogen) atoms. The third kappa shape index (κ3) is 5.95. The Labute approximate surface area is 288 Å². The molecule has 9 heteroatoms. The molecule has 0 amide bonds. The van der Waals surface area contributed by atoms with Gasteiger partial charge < -0.3 is 20.2 Å². The van der Waals surface area contributed by atoms with Crippen LogP contribution in [0.3, 0.4) is 0 Å². The first-order valence-corrected chi connectivity index (χ1v) is 17.4. The average molecular weight is 684 g/mol. The highest BCUT2D eigenvalue weighted by molar-refractivity contribution is 6.30. The number of rotatable bonds is 7. The highest BCUT2D eigenvalue weighted by atomic mass is 35.5. The van der Waals surface area contributed by atoms with E-state index in [0.29, 0.717) is 25.2 Å². The largest absolute Gasteiger partial charge is 0.391 e. The molecule has 1 aromatic heterocycles. The number of allylic oxidation sites excluding steroid dienone is 4. The van der Waals surface area contributed by atoms with Crippen LogP contribution < -0.4 is 0 Å². The van der Waals surface area contributed by atoms with E-state index in [9.17, 15) is 24.9 Å². The number of Topliss-reactive ketones (excluding diaryl/α,β-unsaturated/α-hetero) is 1. The van der Waals surface area contributed by atoms with Gasteiger partial charge >= 0.3 is 0 Å². The normalized spacial score (nSPS) is 36.4. The summed E-state index contributed by atoms with van der Waals surface area (Å²) in [5.74, 6) is -0.828. The van der Waals surface area contributed by atoms with Gasteiger partial charge in [0.05, 0.1) is 11.0 Å². The van der Waals surface area contributed by atoms with Crippen molar-refractivity contribution in [3.05, 3.63) is 88.7 Å². The molecule has 6 rings (SSSR count). The van der Waals surface area contributed by atoms with E-state index in [1.54, 1.807) is 6.08 Å². The molecule has 2 aromatic rings. The van der Waals surface area contributed by atoms with Gasteiger partial charge in [-0.05, 0) is 112 Å². The van der Waals surface area contributed by atoms with Crippen molar-refractivity contribution in [2.45, 2.75) is 75.4 Å². The van der Waals surface area contributed by atoms with Gasteiger partial charge in [-0.2, -0.15) is 0 Å². The molecule has 4 aliphatic rings. The van der Waals surface area contributed by atoms with Gasteiger partial charge in [-0.15, -0.1) is 11.6 Å². The second kappa shape index (κ2) is 13.5. The predicted molar refractivity (Wildman–Crippen MR) is 185 cm³/mol. The lowest BCUT2D eigenvalue weighted by molar-refractivity contribution is -0.179. The number of aromatic nitrogens is 1. The second-order valence-electron chi connectivity index (χ2n) is 14.7. The number of alkyl halides is 1. The molecule has 1 unspecified atom stereocenters. The Morgan fingerprint density at radius 2 is 1.83 bits per heavy atom. The van der Waals surface area contributed by atoms with Crippen LogP contribution in [-0.2, 0) is 9.59 Å². The zero-order valence-electron chi connectivity index (χ0n) is 28.0. The van der Waals surface area contributed by atoms with Crippen molar-refractivity contribution in [3.63, 3.8) is 0 Å². The number of halogens is 2. The van der Waals surface area contributed by atoms with Gasteiger partial charge in [0.1, 0.15) is 12.2 Å². The minimum Gasteiger partial charge on any atom is -0.391 e. The Bertz CT molecular complexity index is 1530. The minimum atomic E-state index is -1.68. The van der Waals surface area contributed by atoms with Crippen LogP contribution in [0.25, 0.3) is 0 Å². The molecular weight excluding hydrogens is 635 g/mol. The molecule has 0 saturated heterocycles. The minimum absolute atomic E-state index is 0.0567. The summed E-state index contributed by atoms with van der Waals surface area (Å²) in [5, 5.41) is 33.1. The number of carbonyl (C=O) groups excluding carboxylic acids is 2. The average Bonchev–Trinajstić information content (AvgIpc) is 3.24. The van der Waals surface area contributed by atoms with Crippen LogP contribution in [0.4, 0.5) is 0 Å². The van der Waals surface area contributed by atoms with E-state index in [1.165, 1.54) is 11.6 Å². The number of benzene rings is 1. The second-order valence-corrected chi connectivity index (χ2v) is 15.8. The lowest BCUT2D eigenvalue weighted by Gasteiger charge is -2.63. The fourth-order valence-electron chi connectivity index (χ4n) is 9.41. The number of fused-ring (bicyclic) bond motifs is 5. The monoisotopic (exact) mass is 682 g/mol. The van der Waals surface area contributed by atoms with E-state index >= 15 is 0 Å². The van der Waals surface area contributed by atoms with Gasteiger partial charge in [-0.3, -0.25) is 14.6 Å². The topological polar surface area (TPSA) is 111 Å². The number of hydrogen-bond acceptors (Lipinski definition) is 7. The maximum Gasteiger partial charge on any atom is 0.190 e. The van der Waals surface area contributed by atoms with E-state index < -0.39 is 39.8 Å². The van der Waals surface area contributed by atoms with Crippen molar-refractivity contribution in [1.82, 2.24) is 9.88 Å². The summed E-state index contributed by atoms with van der Waals surface area (Å²) >= 11 is 13.3. The van der Waals surface area contributed by atoms with Crippen LogP contribution in [0.2, 0.25) is 5.02 Å². The number of pyridine rings is 1. The molecule has 1 aromatic carbocycles. The van der Waals surface area contributed by atoms with Gasteiger partial charge in [-0.25, -0.2) is 0 Å². The smallest absolute Gasteiger partial charge is 0.190 e. The Morgan fingerprint density at radius 3 is 2.45 bits per heavy atom. The molecule has 3 saturated carbocycles. The van der Waals surface area contributed by atoms with Crippen molar-refractivity contribution in [3.8, 4) is 0 Å². The molecule has 7 nitrogen and oxygen atoms in total. The van der Waals surface area contributed by atoms with Crippen LogP contribution in [0.15, 0.2) is 72.5 Å². The fourth-order valence-corrected chi connectivity index (χ4v) is 10.1. The van der Waals surface area contributed by atoms with Crippen molar-refractivity contribution in [1.29, 1.82) is 0 Å². The summed E-state index contributed by atoms with van der Waals surface area (Å²) < 4.78 is 0. The van der Waals surface area contributed by atoms with Crippen molar-refractivity contribution >= 4 is 34.8 Å². The van der Waals surface area contributed by atoms with E-state index in [1.807, 2.05) is 57.3 Å². The standard InChI is InChI=1S/C22H29ClO5.C16H19ClN2/c1-12-8-16-15-5-4-13-9-14(25)6-7-19(13,2)21(15,23)17(26)10-20(16,3)22(12,28)18(27)11-24;1-19(2)12-10-15(16-5-3-4-11-18-16)13-6-8-14(17)9-7-13/h6-7,9,12,15-17,24,26,28H,4-5,8,10-11H2,1-3H3;3-9,11,15H,10,12H2,1-2H3/t12-,15-,16-,17-,19-,20-,21-,22-;/m0./s1. The maximum absolute atomic E-state index is 12.6. The van der Waals surface area contributed by atoms with Gasteiger partial charge in [0.2, 0.25) is 0 Å². The molecule has 3 fully saturated rings. The molecule has 1 heterocycles. The van der Waals surface area contributed by atoms with Crippen LogP contribution in [-0.4, -0.2) is 80.6 Å². The van der Waals surface area contributed by atoms with E-state index in [-0.39, 0.29) is 30.0 Å². The van der Waals surface area contributed by atoms with Gasteiger partial charge in [0.25, 0.3) is 0 Å². The molecule has 0 spiro atoms. The number of ketones is 2. The number of hydrogen-bond donors (Lipinski definition) is 3. The Balaban J connectivity index is 0.000000199. The number of carbonyl (C=O) groups is 2. The summed E-state index contributed by atoms with van der Waals surface area (Å²) in [6.45, 7) is 6.00. The Kier molecular flexibility index (Phi) is 10.3. The molecule has 3 N–H and O–H groups in total. The maximum atomic E-state index is 12.6. The van der Waals surface area contributed by atoms with Crippen LogP contribution >= 0.6 is 23.2 Å². The van der Waals surface area contributed by atoms with Gasteiger partial charge in [-0.1, -0.05) is 62.2 Å². The fraction of sp³-hybridized carbons (Fsp3) is 0.553. The van der Waals surface area contributed by atoms with Gasteiger partial charge in [0, 0.05) is 33.7 Å². The molecule has 4 aliphatic carbocycles. The molecule has 0 radical (unpaired) electrons. The molecule has 9 atom stereocenters. The SMILES string of the molecule is CN(C)CCC(c1ccc(Cl)cc1)c1ccccn1.C[C@H]1C[C@H]2[C@@H]3CCC4=CC(=O)C=C[C@]4(C)[C@@]3(Cl)[C@@H](O)C[C@]2(C)[C@@]1(O)C(=O)CO. The summed E-state index contributed by atoms with van der Waals surface area (Å²) in [6, 6.07) is 14.2. The summed E-state index contributed by atoms with van der Waals surface area (Å²) in [6.07, 6.45) is 9.13. The highest BCUT2D eigenvalue weighted by Gasteiger charge is 2.74. The molecule has 254 valence electrons. The Morgan fingerprint density at radius 1 is 1.13 bits per heavy atom.